The average Bonchev–Trinajstić information content (AvgIpc) is 2.77. The van der Waals surface area contributed by atoms with Crippen molar-refractivity contribution in [2.24, 2.45) is 10.8 Å². The van der Waals surface area contributed by atoms with Gasteiger partial charge >= 0.3 is 12.0 Å². The molecule has 0 saturated heterocycles. The quantitative estimate of drug-likeness (QED) is 0.700. The fraction of sp³-hybridized carbons (Fsp3) is 0.867. The third kappa shape index (κ3) is 3.87. The number of hydrogen-bond acceptors (Lipinski definition) is 2. The highest BCUT2D eigenvalue weighted by Gasteiger charge is 2.39. The first-order chi connectivity index (χ1) is 9.43. The third-order valence-corrected chi connectivity index (χ3v) is 5.05. The molecule has 0 heterocycles. The molecule has 0 spiro atoms. The first-order valence-electron chi connectivity index (χ1n) is 7.67. The lowest BCUT2D eigenvalue weighted by Crippen LogP contribution is -2.48. The number of carbonyl (C=O) groups is 2. The van der Waals surface area contributed by atoms with Gasteiger partial charge in [0, 0.05) is 13.1 Å². The second-order valence-corrected chi connectivity index (χ2v) is 6.98. The van der Waals surface area contributed by atoms with E-state index in [1.54, 1.807) is 0 Å². The molecule has 0 aromatic heterocycles. The molecule has 3 N–H and O–H groups in total. The number of aliphatic carboxylic acids is 1. The van der Waals surface area contributed by atoms with E-state index in [2.05, 4.69) is 17.6 Å². The maximum Gasteiger partial charge on any atom is 0.314 e. The van der Waals surface area contributed by atoms with Gasteiger partial charge in [-0.05, 0) is 36.5 Å². The lowest BCUT2D eigenvalue weighted by molar-refractivity contribution is -0.141. The number of nitrogens with one attached hydrogen (secondary N) is 2. The van der Waals surface area contributed by atoms with Gasteiger partial charge in [-0.25, -0.2) is 4.79 Å². The number of carboxylic acid groups (broad SMARTS) is 1. The van der Waals surface area contributed by atoms with Crippen LogP contribution in [0.2, 0.25) is 0 Å². The second kappa shape index (κ2) is 6.02. The summed E-state index contributed by atoms with van der Waals surface area (Å²) in [6, 6.07) is -0.158. The number of carboxylic acids is 1. The van der Waals surface area contributed by atoms with Gasteiger partial charge in [0.15, 0.2) is 0 Å². The lowest BCUT2D eigenvalue weighted by atomic mass is 9.66. The van der Waals surface area contributed by atoms with Crippen LogP contribution in [0.1, 0.15) is 58.3 Å². The topological polar surface area (TPSA) is 78.4 Å². The SMILES string of the molecule is CC1(CNC(=O)NCC2(CC(=O)O)CCC2)CCCC1. The molecule has 5 nitrogen and oxygen atoms in total. The average molecular weight is 282 g/mol. The molecule has 2 rings (SSSR count). The fourth-order valence-corrected chi connectivity index (χ4v) is 3.44. The molecule has 2 fully saturated rings. The normalized spacial score (nSPS) is 22.9. The number of carbonyl (C=O) groups excluding carboxylic acids is 1. The Morgan fingerprint density at radius 3 is 2.10 bits per heavy atom. The van der Waals surface area contributed by atoms with Crippen LogP contribution in [0, 0.1) is 10.8 Å². The van der Waals surface area contributed by atoms with Crippen molar-refractivity contribution in [3.63, 3.8) is 0 Å². The highest BCUT2D eigenvalue weighted by atomic mass is 16.4. The van der Waals surface area contributed by atoms with Crippen LogP contribution in [0.3, 0.4) is 0 Å². The number of rotatable bonds is 6. The van der Waals surface area contributed by atoms with E-state index in [1.807, 2.05) is 0 Å². The summed E-state index contributed by atoms with van der Waals surface area (Å²) in [6.07, 6.45) is 7.88. The van der Waals surface area contributed by atoms with E-state index in [0.29, 0.717) is 13.1 Å². The van der Waals surface area contributed by atoms with Crippen LogP contribution in [0.15, 0.2) is 0 Å². The summed E-state index contributed by atoms with van der Waals surface area (Å²) in [5, 5.41) is 14.7. The second-order valence-electron chi connectivity index (χ2n) is 6.98. The zero-order valence-electron chi connectivity index (χ0n) is 12.3. The zero-order chi connectivity index (χ0) is 14.6. The van der Waals surface area contributed by atoms with Crippen LogP contribution in [0.4, 0.5) is 4.79 Å². The summed E-state index contributed by atoms with van der Waals surface area (Å²) in [4.78, 5) is 22.7. The molecule has 114 valence electrons. The lowest BCUT2D eigenvalue weighted by Gasteiger charge is -2.40. The van der Waals surface area contributed by atoms with Crippen molar-refractivity contribution in [3.8, 4) is 0 Å². The van der Waals surface area contributed by atoms with E-state index >= 15 is 0 Å². The van der Waals surface area contributed by atoms with Crippen molar-refractivity contribution in [2.45, 2.75) is 58.3 Å². The van der Waals surface area contributed by atoms with Gasteiger partial charge in [-0.15, -0.1) is 0 Å². The first-order valence-corrected chi connectivity index (χ1v) is 7.67. The van der Waals surface area contributed by atoms with E-state index in [-0.39, 0.29) is 23.3 Å². The Balaban J connectivity index is 1.70. The predicted molar refractivity (Wildman–Crippen MR) is 76.5 cm³/mol. The number of hydrogen-bond donors (Lipinski definition) is 3. The number of urea groups is 1. The van der Waals surface area contributed by atoms with Gasteiger partial charge < -0.3 is 15.7 Å². The van der Waals surface area contributed by atoms with Crippen LogP contribution in [0.5, 0.6) is 0 Å². The summed E-state index contributed by atoms with van der Waals surface area (Å²) in [5.74, 6) is -0.773. The Morgan fingerprint density at radius 2 is 1.60 bits per heavy atom. The minimum Gasteiger partial charge on any atom is -0.481 e. The van der Waals surface area contributed by atoms with E-state index < -0.39 is 5.97 Å². The summed E-state index contributed by atoms with van der Waals surface area (Å²) in [7, 11) is 0. The molecule has 5 heteroatoms. The summed E-state index contributed by atoms with van der Waals surface area (Å²) in [6.45, 7) is 3.41. The van der Waals surface area contributed by atoms with Gasteiger partial charge in [-0.3, -0.25) is 4.79 Å². The van der Waals surface area contributed by atoms with Crippen molar-refractivity contribution in [1.82, 2.24) is 10.6 Å². The Morgan fingerprint density at radius 1 is 1.00 bits per heavy atom. The molecule has 0 aromatic rings. The number of amides is 2. The molecule has 0 unspecified atom stereocenters. The maximum atomic E-state index is 11.8. The first kappa shape index (κ1) is 15.1. The summed E-state index contributed by atoms with van der Waals surface area (Å²) < 4.78 is 0. The van der Waals surface area contributed by atoms with Crippen molar-refractivity contribution < 1.29 is 14.7 Å². The van der Waals surface area contributed by atoms with Crippen molar-refractivity contribution in [2.75, 3.05) is 13.1 Å². The minimum absolute atomic E-state index is 0.158. The molecule has 0 aromatic carbocycles. The minimum atomic E-state index is -0.773. The molecule has 0 radical (unpaired) electrons. The maximum absolute atomic E-state index is 11.8. The van der Waals surface area contributed by atoms with Gasteiger partial charge in [0.2, 0.25) is 0 Å². The van der Waals surface area contributed by atoms with E-state index in [0.717, 1.165) is 19.3 Å². The van der Waals surface area contributed by atoms with Gasteiger partial charge in [-0.2, -0.15) is 0 Å². The Hall–Kier alpha value is -1.26. The molecule has 20 heavy (non-hydrogen) atoms. The molecule has 2 amide bonds. The van der Waals surface area contributed by atoms with Crippen LogP contribution < -0.4 is 10.6 Å². The standard InChI is InChI=1S/C15H26N2O3/c1-14(5-2-3-6-14)10-16-13(20)17-11-15(7-4-8-15)9-12(18)19/h2-11H2,1H3,(H,18,19)(H2,16,17,20). The highest BCUT2D eigenvalue weighted by Crippen LogP contribution is 2.43. The largest absolute Gasteiger partial charge is 0.481 e. The monoisotopic (exact) mass is 282 g/mol. The van der Waals surface area contributed by atoms with Gasteiger partial charge in [0.25, 0.3) is 0 Å². The molecular weight excluding hydrogens is 256 g/mol. The highest BCUT2D eigenvalue weighted by molar-refractivity contribution is 5.74. The Labute approximate surface area is 120 Å². The van der Waals surface area contributed by atoms with Crippen molar-refractivity contribution >= 4 is 12.0 Å². The third-order valence-electron chi connectivity index (χ3n) is 5.05. The van der Waals surface area contributed by atoms with Crippen LogP contribution in [0.25, 0.3) is 0 Å². The smallest absolute Gasteiger partial charge is 0.314 e. The van der Waals surface area contributed by atoms with Gasteiger partial charge in [-0.1, -0.05) is 26.2 Å². The Kier molecular flexibility index (Phi) is 4.55. The van der Waals surface area contributed by atoms with Crippen molar-refractivity contribution in [3.05, 3.63) is 0 Å². The predicted octanol–water partition coefficient (Wildman–Crippen LogP) is 2.51. The van der Waals surface area contributed by atoms with Crippen LogP contribution in [-0.2, 0) is 4.79 Å². The van der Waals surface area contributed by atoms with Crippen LogP contribution >= 0.6 is 0 Å². The molecule has 0 aliphatic heterocycles. The molecular formula is C15H26N2O3. The molecule has 0 bridgehead atoms. The van der Waals surface area contributed by atoms with E-state index in [1.165, 1.54) is 25.7 Å². The zero-order valence-corrected chi connectivity index (χ0v) is 12.3. The Bertz CT molecular complexity index is 371. The van der Waals surface area contributed by atoms with E-state index in [4.69, 9.17) is 5.11 Å². The summed E-state index contributed by atoms with van der Waals surface area (Å²) >= 11 is 0. The summed E-state index contributed by atoms with van der Waals surface area (Å²) in [5.41, 5.74) is 0.0347. The van der Waals surface area contributed by atoms with E-state index in [9.17, 15) is 9.59 Å². The van der Waals surface area contributed by atoms with Crippen molar-refractivity contribution in [1.29, 1.82) is 0 Å². The fourth-order valence-electron chi connectivity index (χ4n) is 3.44. The molecule has 2 aliphatic carbocycles. The molecule has 2 aliphatic rings. The van der Waals surface area contributed by atoms with Crippen LogP contribution in [-0.4, -0.2) is 30.2 Å². The van der Waals surface area contributed by atoms with Gasteiger partial charge in [0.05, 0.1) is 6.42 Å². The van der Waals surface area contributed by atoms with Gasteiger partial charge in [0.1, 0.15) is 0 Å². The molecule has 0 atom stereocenters. The molecule has 2 saturated carbocycles.